The molecule has 0 amide bonds. The molecule has 0 saturated heterocycles. The minimum Gasteiger partial charge on any atom is -0.462 e. The lowest BCUT2D eigenvalue weighted by Gasteiger charge is -2.29. The van der Waals surface area contributed by atoms with Crippen molar-refractivity contribution in [2.24, 2.45) is 5.92 Å². The maximum atomic E-state index is 14.4. The Morgan fingerprint density at radius 3 is 2.46 bits per heavy atom. The molecule has 0 bridgehead atoms. The Hall–Kier alpha value is -1.38. The number of allylic oxidation sites excluding steroid dienone is 1. The molecule has 0 heterocycles. The van der Waals surface area contributed by atoms with Crippen LogP contribution in [-0.2, 0) is 0 Å². The molecule has 0 N–H and O–H groups in total. The largest absolute Gasteiger partial charge is 0.462 e. The van der Waals surface area contributed by atoms with Gasteiger partial charge in [0, 0.05) is 0 Å². The Kier molecular flexibility index (Phi) is 7.74. The monoisotopic (exact) mass is 336 g/mol. The molecule has 0 atom stereocenters. The van der Waals surface area contributed by atoms with E-state index in [9.17, 15) is 8.78 Å². The predicted molar refractivity (Wildman–Crippen MR) is 95.3 cm³/mol. The normalized spacial score (nSPS) is 21.3. The number of halogens is 2. The lowest BCUT2D eigenvalue weighted by Crippen LogP contribution is -2.14. The summed E-state index contributed by atoms with van der Waals surface area (Å²) in [5, 5.41) is 0. The van der Waals surface area contributed by atoms with Crippen LogP contribution >= 0.6 is 0 Å². The topological polar surface area (TPSA) is 9.23 Å². The van der Waals surface area contributed by atoms with E-state index in [2.05, 4.69) is 13.8 Å². The second kappa shape index (κ2) is 9.80. The first-order chi connectivity index (χ1) is 11.7. The Bertz CT molecular complexity index is 531. The van der Waals surface area contributed by atoms with E-state index in [0.29, 0.717) is 5.56 Å². The van der Waals surface area contributed by atoms with Crippen LogP contribution < -0.4 is 4.74 Å². The second-order valence-corrected chi connectivity index (χ2v) is 6.92. The van der Waals surface area contributed by atoms with Crippen LogP contribution in [0.1, 0.15) is 83.1 Å². The summed E-state index contributed by atoms with van der Waals surface area (Å²) >= 11 is 0. The van der Waals surface area contributed by atoms with Gasteiger partial charge in [0.1, 0.15) is 0 Å². The van der Waals surface area contributed by atoms with Gasteiger partial charge in [-0.05, 0) is 68.1 Å². The third kappa shape index (κ3) is 5.06. The van der Waals surface area contributed by atoms with Gasteiger partial charge in [-0.25, -0.2) is 4.39 Å². The molecule has 1 aromatic carbocycles. The molecular formula is C21H30F2O. The molecule has 0 radical (unpaired) electrons. The molecule has 0 unspecified atom stereocenters. The summed E-state index contributed by atoms with van der Waals surface area (Å²) in [6.45, 7) is 4.31. The second-order valence-electron chi connectivity index (χ2n) is 6.92. The first-order valence-electron chi connectivity index (χ1n) is 9.46. The van der Waals surface area contributed by atoms with Crippen LogP contribution in [0.3, 0.4) is 0 Å². The van der Waals surface area contributed by atoms with E-state index in [0.717, 1.165) is 50.9 Å². The zero-order chi connectivity index (χ0) is 17.4. The van der Waals surface area contributed by atoms with E-state index in [1.807, 2.05) is 6.08 Å². The highest BCUT2D eigenvalue weighted by Crippen LogP contribution is 2.39. The molecule has 0 aliphatic heterocycles. The minimum absolute atomic E-state index is 0.0244. The van der Waals surface area contributed by atoms with Crippen molar-refractivity contribution < 1.29 is 13.5 Å². The van der Waals surface area contributed by atoms with Crippen molar-refractivity contribution in [3.05, 3.63) is 41.7 Å². The van der Waals surface area contributed by atoms with Gasteiger partial charge in [0.05, 0.1) is 6.26 Å². The van der Waals surface area contributed by atoms with Gasteiger partial charge < -0.3 is 4.74 Å². The molecule has 134 valence electrons. The van der Waals surface area contributed by atoms with Gasteiger partial charge >= 0.3 is 0 Å². The van der Waals surface area contributed by atoms with E-state index in [-0.39, 0.29) is 11.7 Å². The fraction of sp³-hybridized carbons (Fsp3) is 0.619. The molecule has 1 nitrogen and oxygen atoms in total. The molecule has 1 aliphatic carbocycles. The molecule has 2 rings (SSSR count). The third-order valence-electron chi connectivity index (χ3n) is 5.08. The molecule has 1 aromatic rings. The molecule has 1 saturated carbocycles. The average Bonchev–Trinajstić information content (AvgIpc) is 2.60. The number of benzene rings is 1. The van der Waals surface area contributed by atoms with E-state index in [1.165, 1.54) is 19.1 Å². The van der Waals surface area contributed by atoms with Gasteiger partial charge in [-0.2, -0.15) is 4.39 Å². The van der Waals surface area contributed by atoms with Crippen LogP contribution in [0.2, 0.25) is 0 Å². The van der Waals surface area contributed by atoms with E-state index < -0.39 is 11.6 Å². The van der Waals surface area contributed by atoms with Gasteiger partial charge in [-0.15, -0.1) is 0 Å². The van der Waals surface area contributed by atoms with Crippen molar-refractivity contribution in [3.8, 4) is 5.75 Å². The van der Waals surface area contributed by atoms with Gasteiger partial charge in [0.15, 0.2) is 11.6 Å². The van der Waals surface area contributed by atoms with Crippen molar-refractivity contribution in [2.45, 2.75) is 77.6 Å². The lowest BCUT2D eigenvalue weighted by atomic mass is 9.77. The van der Waals surface area contributed by atoms with Gasteiger partial charge in [0.25, 0.3) is 0 Å². The molecule has 0 spiro atoms. The predicted octanol–water partition coefficient (Wildman–Crippen LogP) is 7.12. The van der Waals surface area contributed by atoms with Crippen LogP contribution in [0.5, 0.6) is 5.75 Å². The van der Waals surface area contributed by atoms with Crippen LogP contribution in [0.15, 0.2) is 24.5 Å². The summed E-state index contributed by atoms with van der Waals surface area (Å²) in [6.07, 6.45) is 13.0. The Morgan fingerprint density at radius 1 is 1.04 bits per heavy atom. The summed E-state index contributed by atoms with van der Waals surface area (Å²) < 4.78 is 34.0. The van der Waals surface area contributed by atoms with Crippen molar-refractivity contribution in [3.63, 3.8) is 0 Å². The Morgan fingerprint density at radius 2 is 1.79 bits per heavy atom. The van der Waals surface area contributed by atoms with Crippen LogP contribution in [0, 0.1) is 17.6 Å². The summed E-state index contributed by atoms with van der Waals surface area (Å²) in [5.41, 5.74) is 0.518. The van der Waals surface area contributed by atoms with Crippen molar-refractivity contribution in [2.75, 3.05) is 0 Å². The van der Waals surface area contributed by atoms with Crippen LogP contribution in [0.4, 0.5) is 8.78 Å². The highest BCUT2D eigenvalue weighted by molar-refractivity contribution is 5.33. The van der Waals surface area contributed by atoms with E-state index >= 15 is 0 Å². The molecule has 1 aliphatic rings. The van der Waals surface area contributed by atoms with Gasteiger partial charge in [-0.3, -0.25) is 0 Å². The quantitative estimate of drug-likeness (QED) is 0.363. The number of ether oxygens (including phenoxy) is 1. The third-order valence-corrected chi connectivity index (χ3v) is 5.08. The summed E-state index contributed by atoms with van der Waals surface area (Å²) in [5.74, 6) is -0.711. The molecule has 24 heavy (non-hydrogen) atoms. The SMILES string of the molecule is CCCCC=COc1ccc(C2CCC(CCC)CC2)c(F)c1F. The Labute approximate surface area is 145 Å². The highest BCUT2D eigenvalue weighted by Gasteiger charge is 2.26. The molecular weight excluding hydrogens is 306 g/mol. The van der Waals surface area contributed by atoms with Crippen molar-refractivity contribution >= 4 is 0 Å². The van der Waals surface area contributed by atoms with Gasteiger partial charge in [0.2, 0.25) is 5.82 Å². The lowest BCUT2D eigenvalue weighted by molar-refractivity contribution is 0.302. The summed E-state index contributed by atoms with van der Waals surface area (Å²) in [4.78, 5) is 0. The van der Waals surface area contributed by atoms with Crippen LogP contribution in [-0.4, -0.2) is 0 Å². The fourth-order valence-corrected chi connectivity index (χ4v) is 3.63. The first kappa shape index (κ1) is 19.0. The molecule has 1 fully saturated rings. The average molecular weight is 336 g/mol. The number of unbranched alkanes of at least 4 members (excludes halogenated alkanes) is 2. The van der Waals surface area contributed by atoms with E-state index in [4.69, 9.17) is 4.74 Å². The summed E-state index contributed by atoms with van der Waals surface area (Å²) in [7, 11) is 0. The standard InChI is InChI=1S/C21H30F2O/c1-3-5-6-7-15-24-19-14-13-18(20(22)21(19)23)17-11-9-16(8-4-2)10-12-17/h7,13-17H,3-6,8-12H2,1-2H3. The summed E-state index contributed by atoms with van der Waals surface area (Å²) in [6, 6.07) is 3.27. The van der Waals surface area contributed by atoms with Crippen molar-refractivity contribution in [1.82, 2.24) is 0 Å². The minimum atomic E-state index is -0.858. The van der Waals surface area contributed by atoms with E-state index in [1.54, 1.807) is 12.1 Å². The molecule has 3 heteroatoms. The zero-order valence-electron chi connectivity index (χ0n) is 15.0. The number of hydrogen-bond donors (Lipinski definition) is 0. The highest BCUT2D eigenvalue weighted by atomic mass is 19.2. The zero-order valence-corrected chi connectivity index (χ0v) is 15.0. The smallest absolute Gasteiger partial charge is 0.201 e. The first-order valence-corrected chi connectivity index (χ1v) is 9.46. The Balaban J connectivity index is 1.98. The maximum Gasteiger partial charge on any atom is 0.201 e. The van der Waals surface area contributed by atoms with Gasteiger partial charge in [-0.1, -0.05) is 39.2 Å². The van der Waals surface area contributed by atoms with Crippen molar-refractivity contribution in [1.29, 1.82) is 0 Å². The number of rotatable bonds is 8. The maximum absolute atomic E-state index is 14.4. The number of hydrogen-bond acceptors (Lipinski definition) is 1. The van der Waals surface area contributed by atoms with Crippen LogP contribution in [0.25, 0.3) is 0 Å². The fourth-order valence-electron chi connectivity index (χ4n) is 3.63. The molecule has 0 aromatic heterocycles.